The summed E-state index contributed by atoms with van der Waals surface area (Å²) in [5.41, 5.74) is 6.91. The Labute approximate surface area is 132 Å². The van der Waals surface area contributed by atoms with Crippen LogP contribution in [0.2, 0.25) is 0 Å². The molecule has 0 bridgehead atoms. The van der Waals surface area contributed by atoms with E-state index < -0.39 is 5.60 Å². The van der Waals surface area contributed by atoms with Gasteiger partial charge in [0.1, 0.15) is 5.60 Å². The fourth-order valence-corrected chi connectivity index (χ4v) is 3.41. The average molecular weight is 352 g/mol. The first-order valence-electron chi connectivity index (χ1n) is 7.09. The summed E-state index contributed by atoms with van der Waals surface area (Å²) < 4.78 is 12.1. The summed E-state index contributed by atoms with van der Waals surface area (Å²) in [5.74, 6) is 1.11. The minimum atomic E-state index is -0.405. The number of ether oxygens (including phenoxy) is 1. The van der Waals surface area contributed by atoms with Gasteiger partial charge >= 0.3 is 0 Å². The Hall–Kier alpha value is -1.40. The fraction of sp³-hybridized carbons (Fsp3) is 0.467. The van der Waals surface area contributed by atoms with E-state index in [1.165, 1.54) is 6.42 Å². The maximum absolute atomic E-state index is 5.85. The molecule has 0 saturated heterocycles. The number of halogens is 1. The number of rotatable bonds is 3. The van der Waals surface area contributed by atoms with Gasteiger partial charge in [-0.3, -0.25) is 0 Å². The molecule has 1 aromatic heterocycles. The van der Waals surface area contributed by atoms with Crippen LogP contribution >= 0.6 is 15.9 Å². The van der Waals surface area contributed by atoms with Gasteiger partial charge in [-0.1, -0.05) is 40.3 Å². The van der Waals surface area contributed by atoms with Crippen molar-refractivity contribution in [3.63, 3.8) is 0 Å². The summed E-state index contributed by atoms with van der Waals surface area (Å²) in [5, 5.41) is 4.15. The van der Waals surface area contributed by atoms with Crippen molar-refractivity contribution >= 4 is 21.6 Å². The lowest BCUT2D eigenvalue weighted by Gasteiger charge is -2.32. The van der Waals surface area contributed by atoms with Crippen LogP contribution in [-0.4, -0.2) is 17.3 Å². The van der Waals surface area contributed by atoms with E-state index in [4.69, 9.17) is 15.0 Å². The molecular formula is C15H18BrN3O2. The van der Waals surface area contributed by atoms with E-state index in [-0.39, 0.29) is 0 Å². The Morgan fingerprint density at radius 2 is 2.00 bits per heavy atom. The predicted molar refractivity (Wildman–Crippen MR) is 83.6 cm³/mol. The minimum Gasteiger partial charge on any atom is -0.399 e. The predicted octanol–water partition coefficient (Wildman–Crippen LogP) is 3.89. The van der Waals surface area contributed by atoms with Crippen molar-refractivity contribution in [3.8, 4) is 11.5 Å². The van der Waals surface area contributed by atoms with E-state index in [1.54, 1.807) is 7.11 Å². The maximum atomic E-state index is 5.85. The monoisotopic (exact) mass is 351 g/mol. The first kappa shape index (κ1) is 14.5. The van der Waals surface area contributed by atoms with Crippen molar-refractivity contribution in [2.24, 2.45) is 0 Å². The Morgan fingerprint density at radius 3 is 2.67 bits per heavy atom. The van der Waals surface area contributed by atoms with Crippen molar-refractivity contribution in [2.45, 2.75) is 37.7 Å². The van der Waals surface area contributed by atoms with Gasteiger partial charge < -0.3 is 15.0 Å². The summed E-state index contributed by atoms with van der Waals surface area (Å²) in [4.78, 5) is 4.55. The number of hydrogen-bond acceptors (Lipinski definition) is 5. The van der Waals surface area contributed by atoms with Crippen LogP contribution in [0.5, 0.6) is 0 Å². The summed E-state index contributed by atoms with van der Waals surface area (Å²) in [7, 11) is 1.72. The summed E-state index contributed by atoms with van der Waals surface area (Å²) >= 11 is 3.42. The number of benzene rings is 1. The van der Waals surface area contributed by atoms with E-state index in [1.807, 2.05) is 18.2 Å². The molecule has 5 nitrogen and oxygen atoms in total. The molecule has 21 heavy (non-hydrogen) atoms. The third-order valence-corrected chi connectivity index (χ3v) is 4.51. The van der Waals surface area contributed by atoms with Gasteiger partial charge in [0, 0.05) is 22.8 Å². The molecular weight excluding hydrogens is 334 g/mol. The molecule has 0 spiro atoms. The lowest BCUT2D eigenvalue weighted by atomic mass is 9.84. The van der Waals surface area contributed by atoms with Crippen LogP contribution in [0.3, 0.4) is 0 Å². The van der Waals surface area contributed by atoms with Gasteiger partial charge in [0.15, 0.2) is 0 Å². The van der Waals surface area contributed by atoms with Gasteiger partial charge in [-0.2, -0.15) is 4.98 Å². The standard InChI is InChI=1S/C15H18BrN3O2/c1-20-15(5-3-2-4-6-15)14-18-13(21-19-14)10-7-11(16)9-12(17)8-10/h7-9H,2-6,17H2,1H3. The van der Waals surface area contributed by atoms with Crippen molar-refractivity contribution in [1.29, 1.82) is 0 Å². The number of aromatic nitrogens is 2. The van der Waals surface area contributed by atoms with Gasteiger partial charge in [0.05, 0.1) is 0 Å². The Balaban J connectivity index is 1.95. The smallest absolute Gasteiger partial charge is 0.258 e. The van der Waals surface area contributed by atoms with Crippen LogP contribution in [0.25, 0.3) is 11.5 Å². The maximum Gasteiger partial charge on any atom is 0.258 e. The molecule has 0 aliphatic heterocycles. The van der Waals surface area contributed by atoms with Gasteiger partial charge in [-0.15, -0.1) is 0 Å². The molecule has 6 heteroatoms. The topological polar surface area (TPSA) is 74.2 Å². The number of methoxy groups -OCH3 is 1. The second-order valence-electron chi connectivity index (χ2n) is 5.46. The molecule has 1 aliphatic rings. The van der Waals surface area contributed by atoms with Gasteiger partial charge in [0.2, 0.25) is 5.82 Å². The highest BCUT2D eigenvalue weighted by Crippen LogP contribution is 2.39. The first-order valence-corrected chi connectivity index (χ1v) is 7.88. The highest BCUT2D eigenvalue weighted by atomic mass is 79.9. The molecule has 1 saturated carbocycles. The number of nitrogens with zero attached hydrogens (tertiary/aromatic N) is 2. The van der Waals surface area contributed by atoms with Gasteiger partial charge in [-0.05, 0) is 31.0 Å². The van der Waals surface area contributed by atoms with E-state index >= 15 is 0 Å². The van der Waals surface area contributed by atoms with Crippen molar-refractivity contribution < 1.29 is 9.26 Å². The number of anilines is 1. The minimum absolute atomic E-state index is 0.405. The highest BCUT2D eigenvalue weighted by Gasteiger charge is 2.38. The zero-order chi connectivity index (χ0) is 14.9. The lowest BCUT2D eigenvalue weighted by molar-refractivity contribution is -0.0527. The summed E-state index contributed by atoms with van der Waals surface area (Å²) in [6.45, 7) is 0. The molecule has 1 heterocycles. The molecule has 0 amide bonds. The van der Waals surface area contributed by atoms with Crippen LogP contribution in [-0.2, 0) is 10.3 Å². The molecule has 1 fully saturated rings. The molecule has 112 valence electrons. The molecule has 1 aliphatic carbocycles. The Kier molecular flexibility index (Phi) is 3.99. The largest absolute Gasteiger partial charge is 0.399 e. The van der Waals surface area contributed by atoms with Gasteiger partial charge in [-0.25, -0.2) is 0 Å². The number of nitrogen functional groups attached to an aromatic ring is 1. The van der Waals surface area contributed by atoms with E-state index in [9.17, 15) is 0 Å². The molecule has 2 N–H and O–H groups in total. The van der Waals surface area contributed by atoms with Crippen LogP contribution in [0, 0.1) is 0 Å². The molecule has 1 aromatic carbocycles. The van der Waals surface area contributed by atoms with E-state index in [0.717, 1.165) is 35.7 Å². The van der Waals surface area contributed by atoms with Gasteiger partial charge in [0.25, 0.3) is 5.89 Å². The lowest BCUT2D eigenvalue weighted by Crippen LogP contribution is -2.32. The second kappa shape index (κ2) is 5.77. The third-order valence-electron chi connectivity index (χ3n) is 4.05. The Bertz CT molecular complexity index is 615. The fourth-order valence-electron chi connectivity index (χ4n) is 2.90. The van der Waals surface area contributed by atoms with Crippen LogP contribution in [0.4, 0.5) is 5.69 Å². The van der Waals surface area contributed by atoms with Crippen LogP contribution in [0.1, 0.15) is 37.9 Å². The second-order valence-corrected chi connectivity index (χ2v) is 6.37. The molecule has 3 rings (SSSR count). The van der Waals surface area contributed by atoms with Crippen molar-refractivity contribution in [1.82, 2.24) is 10.1 Å². The highest BCUT2D eigenvalue weighted by molar-refractivity contribution is 9.10. The zero-order valence-electron chi connectivity index (χ0n) is 11.9. The number of nitrogens with two attached hydrogens (primary N) is 1. The zero-order valence-corrected chi connectivity index (χ0v) is 13.5. The average Bonchev–Trinajstić information content (AvgIpc) is 2.97. The SMILES string of the molecule is COC1(c2noc(-c3cc(N)cc(Br)c3)n2)CCCCC1. The Morgan fingerprint density at radius 1 is 1.24 bits per heavy atom. The van der Waals surface area contributed by atoms with Crippen LogP contribution in [0.15, 0.2) is 27.2 Å². The summed E-state index contributed by atoms with van der Waals surface area (Å²) in [6.07, 6.45) is 5.35. The van der Waals surface area contributed by atoms with E-state index in [2.05, 4.69) is 26.1 Å². The molecule has 0 unspecified atom stereocenters. The number of hydrogen-bond donors (Lipinski definition) is 1. The summed E-state index contributed by atoms with van der Waals surface area (Å²) in [6, 6.07) is 5.56. The molecule has 2 aromatic rings. The molecule has 0 atom stereocenters. The van der Waals surface area contributed by atoms with Crippen LogP contribution < -0.4 is 5.73 Å². The first-order chi connectivity index (χ1) is 10.1. The van der Waals surface area contributed by atoms with Crippen molar-refractivity contribution in [3.05, 3.63) is 28.5 Å². The van der Waals surface area contributed by atoms with E-state index in [0.29, 0.717) is 17.4 Å². The third kappa shape index (κ3) is 2.82. The quantitative estimate of drug-likeness (QED) is 0.849. The van der Waals surface area contributed by atoms with Crippen molar-refractivity contribution in [2.75, 3.05) is 12.8 Å². The normalized spacial score (nSPS) is 17.8. The molecule has 0 radical (unpaired) electrons.